The van der Waals surface area contributed by atoms with Crippen LogP contribution in [0.25, 0.3) is 0 Å². The molecule has 0 atom stereocenters. The first kappa shape index (κ1) is 14.2. The van der Waals surface area contributed by atoms with Crippen LogP contribution in [0.1, 0.15) is 23.4 Å². The highest BCUT2D eigenvalue weighted by Gasteiger charge is 2.38. The Balaban J connectivity index is 3.47. The van der Waals surface area contributed by atoms with Crippen LogP contribution in [0, 0.1) is 11.3 Å². The maximum atomic E-state index is 12.6. The number of nitrogens with zero attached hydrogens (tertiary/aromatic N) is 2. The lowest BCUT2D eigenvalue weighted by atomic mass is 10.1. The zero-order valence-corrected chi connectivity index (χ0v) is 9.05. The number of ether oxygens (including phenoxy) is 1. The Kier molecular flexibility index (Phi) is 4.06. The van der Waals surface area contributed by atoms with E-state index in [1.807, 2.05) is 0 Å². The first-order valence-corrected chi connectivity index (χ1v) is 4.61. The van der Waals surface area contributed by atoms with Crippen LogP contribution in [-0.4, -0.2) is 12.1 Å². The van der Waals surface area contributed by atoms with Gasteiger partial charge in [-0.05, 0) is 11.6 Å². The van der Waals surface area contributed by atoms with E-state index < -0.39 is 36.2 Å². The molecule has 0 N–H and O–H groups in total. The molecule has 8 heteroatoms. The molecule has 1 aromatic heterocycles. The van der Waals surface area contributed by atoms with Crippen LogP contribution < -0.4 is 4.74 Å². The first-order chi connectivity index (χ1) is 8.31. The van der Waals surface area contributed by atoms with Gasteiger partial charge in [0, 0.05) is 0 Å². The van der Waals surface area contributed by atoms with Crippen molar-refractivity contribution >= 4 is 0 Å². The van der Waals surface area contributed by atoms with Crippen molar-refractivity contribution in [1.82, 2.24) is 4.98 Å². The number of pyridine rings is 1. The van der Waals surface area contributed by atoms with Crippen LogP contribution >= 0.6 is 0 Å². The van der Waals surface area contributed by atoms with Crippen molar-refractivity contribution < 1.29 is 26.7 Å². The number of hydrogen-bond donors (Lipinski definition) is 0. The molecule has 0 saturated carbocycles. The number of aromatic nitrogens is 1. The minimum atomic E-state index is -4.90. The van der Waals surface area contributed by atoms with Crippen molar-refractivity contribution in [3.05, 3.63) is 23.0 Å². The van der Waals surface area contributed by atoms with Crippen LogP contribution in [0.4, 0.5) is 22.0 Å². The van der Waals surface area contributed by atoms with Crippen LogP contribution in [0.2, 0.25) is 0 Å². The number of methoxy groups -OCH3 is 1. The summed E-state index contributed by atoms with van der Waals surface area (Å²) in [6, 6.07) is 2.34. The molecule has 1 rings (SSSR count). The summed E-state index contributed by atoms with van der Waals surface area (Å²) in [5.74, 6) is -0.683. The molecule has 0 aliphatic rings. The Labute approximate surface area is 98.8 Å². The average molecular weight is 266 g/mol. The van der Waals surface area contributed by atoms with Crippen LogP contribution in [0.3, 0.4) is 0 Å². The van der Waals surface area contributed by atoms with Gasteiger partial charge in [0.05, 0.1) is 19.6 Å². The third kappa shape index (κ3) is 2.85. The van der Waals surface area contributed by atoms with Gasteiger partial charge in [0.2, 0.25) is 0 Å². The zero-order valence-electron chi connectivity index (χ0n) is 9.05. The quantitative estimate of drug-likeness (QED) is 0.789. The normalized spacial score (nSPS) is 11.4. The molecule has 18 heavy (non-hydrogen) atoms. The average Bonchev–Trinajstić information content (AvgIpc) is 2.27. The van der Waals surface area contributed by atoms with Gasteiger partial charge in [-0.25, -0.2) is 13.8 Å². The van der Waals surface area contributed by atoms with Gasteiger partial charge in [-0.1, -0.05) is 0 Å². The number of alkyl halides is 5. The topological polar surface area (TPSA) is 45.9 Å². The molecular formula is C10H7F5N2O. The van der Waals surface area contributed by atoms with Crippen LogP contribution in [-0.2, 0) is 12.6 Å². The molecule has 0 amide bonds. The third-order valence-electron chi connectivity index (χ3n) is 2.06. The summed E-state index contributed by atoms with van der Waals surface area (Å²) in [4.78, 5) is 2.88. The molecule has 1 aromatic rings. The molecule has 0 aliphatic heterocycles. The van der Waals surface area contributed by atoms with E-state index in [9.17, 15) is 22.0 Å². The maximum absolute atomic E-state index is 12.6. The summed E-state index contributed by atoms with van der Waals surface area (Å²) in [5.41, 5.74) is -2.86. The Morgan fingerprint density at radius 2 is 2.06 bits per heavy atom. The van der Waals surface area contributed by atoms with Gasteiger partial charge in [-0.2, -0.15) is 18.4 Å². The number of rotatable bonds is 3. The Hall–Kier alpha value is -1.91. The largest absolute Gasteiger partial charge is 0.494 e. The molecule has 0 spiro atoms. The molecule has 0 aliphatic carbocycles. The van der Waals surface area contributed by atoms with Crippen LogP contribution in [0.5, 0.6) is 5.75 Å². The molecule has 0 radical (unpaired) electrons. The lowest BCUT2D eigenvalue weighted by Gasteiger charge is -2.14. The summed E-state index contributed by atoms with van der Waals surface area (Å²) in [5, 5.41) is 8.43. The second kappa shape index (κ2) is 5.16. The second-order valence-corrected chi connectivity index (χ2v) is 3.22. The van der Waals surface area contributed by atoms with E-state index in [1.54, 1.807) is 6.07 Å². The van der Waals surface area contributed by atoms with Crippen molar-refractivity contribution in [2.75, 3.05) is 7.11 Å². The lowest BCUT2D eigenvalue weighted by Crippen LogP contribution is -2.13. The van der Waals surface area contributed by atoms with E-state index in [1.165, 1.54) is 0 Å². The molecule has 0 fully saturated rings. The highest BCUT2D eigenvalue weighted by atomic mass is 19.4. The minimum Gasteiger partial charge on any atom is -0.494 e. The van der Waals surface area contributed by atoms with Crippen molar-refractivity contribution in [3.63, 3.8) is 0 Å². The monoisotopic (exact) mass is 266 g/mol. The summed E-state index contributed by atoms with van der Waals surface area (Å²) in [6.07, 6.45) is -8.57. The van der Waals surface area contributed by atoms with Gasteiger partial charge in [-0.15, -0.1) is 0 Å². The summed E-state index contributed by atoms with van der Waals surface area (Å²) in [6.45, 7) is 0. The molecule has 1 heterocycles. The number of hydrogen-bond acceptors (Lipinski definition) is 3. The van der Waals surface area contributed by atoms with Crippen molar-refractivity contribution in [1.29, 1.82) is 5.26 Å². The maximum Gasteiger partial charge on any atom is 0.437 e. The van der Waals surface area contributed by atoms with E-state index >= 15 is 0 Å². The molecule has 3 nitrogen and oxygen atoms in total. The molecule has 0 aromatic carbocycles. The predicted octanol–water partition coefficient (Wildman–Crippen LogP) is 3.11. The molecule has 98 valence electrons. The Morgan fingerprint density at radius 1 is 1.44 bits per heavy atom. The van der Waals surface area contributed by atoms with E-state index in [0.29, 0.717) is 0 Å². The first-order valence-electron chi connectivity index (χ1n) is 4.61. The summed E-state index contributed by atoms with van der Waals surface area (Å²) >= 11 is 0. The Morgan fingerprint density at radius 3 is 2.44 bits per heavy atom. The molecule has 0 unspecified atom stereocenters. The minimum absolute atomic E-state index is 0.280. The smallest absolute Gasteiger partial charge is 0.437 e. The zero-order chi connectivity index (χ0) is 13.9. The van der Waals surface area contributed by atoms with Gasteiger partial charge in [0.15, 0.2) is 5.69 Å². The lowest BCUT2D eigenvalue weighted by molar-refractivity contribution is -0.142. The van der Waals surface area contributed by atoms with Crippen molar-refractivity contribution in [2.24, 2.45) is 0 Å². The fraction of sp³-hybridized carbons (Fsp3) is 0.400. The summed E-state index contributed by atoms with van der Waals surface area (Å²) in [7, 11) is 0.963. The fourth-order valence-electron chi connectivity index (χ4n) is 1.32. The third-order valence-corrected chi connectivity index (χ3v) is 2.06. The van der Waals surface area contributed by atoms with Gasteiger partial charge in [-0.3, -0.25) is 0 Å². The van der Waals surface area contributed by atoms with Crippen molar-refractivity contribution in [2.45, 2.75) is 19.0 Å². The molecular weight excluding hydrogens is 259 g/mol. The van der Waals surface area contributed by atoms with E-state index in [0.717, 1.165) is 13.2 Å². The predicted molar refractivity (Wildman–Crippen MR) is 50.1 cm³/mol. The number of halogens is 5. The van der Waals surface area contributed by atoms with Gasteiger partial charge in [0.1, 0.15) is 11.4 Å². The summed E-state index contributed by atoms with van der Waals surface area (Å²) < 4.78 is 67.2. The standard InChI is InChI=1S/C10H7F5N2O/c1-18-6-4-5(2-3-16)7(9(11)12)17-8(6)10(13,14)15/h4,9H,2H2,1H3. The van der Waals surface area contributed by atoms with E-state index in [4.69, 9.17) is 5.26 Å². The second-order valence-electron chi connectivity index (χ2n) is 3.22. The Bertz CT molecular complexity index is 478. The molecule has 0 saturated heterocycles. The van der Waals surface area contributed by atoms with E-state index in [2.05, 4.69) is 9.72 Å². The van der Waals surface area contributed by atoms with Crippen LogP contribution in [0.15, 0.2) is 6.07 Å². The van der Waals surface area contributed by atoms with Gasteiger partial charge >= 0.3 is 6.18 Å². The number of nitriles is 1. The van der Waals surface area contributed by atoms with Crippen molar-refractivity contribution in [3.8, 4) is 11.8 Å². The van der Waals surface area contributed by atoms with Gasteiger partial charge < -0.3 is 4.74 Å². The fourth-order valence-corrected chi connectivity index (χ4v) is 1.32. The highest BCUT2D eigenvalue weighted by molar-refractivity contribution is 5.39. The van der Waals surface area contributed by atoms with Gasteiger partial charge in [0.25, 0.3) is 6.43 Å². The SMILES string of the molecule is COc1cc(CC#N)c(C(F)F)nc1C(F)(F)F. The highest BCUT2D eigenvalue weighted by Crippen LogP contribution is 2.37. The van der Waals surface area contributed by atoms with E-state index in [-0.39, 0.29) is 5.56 Å². The molecule has 0 bridgehead atoms.